The third-order valence-electron chi connectivity index (χ3n) is 4.23. The molecule has 21 heavy (non-hydrogen) atoms. The van der Waals surface area contributed by atoms with Crippen LogP contribution < -0.4 is 0 Å². The van der Waals surface area contributed by atoms with Crippen LogP contribution in [0, 0.1) is 5.92 Å². The molecular formula is C16H25NO3S. The largest absolute Gasteiger partial charge is 0.393 e. The van der Waals surface area contributed by atoms with Crippen LogP contribution in [0.25, 0.3) is 0 Å². The van der Waals surface area contributed by atoms with Crippen LogP contribution >= 0.6 is 0 Å². The Bertz CT molecular complexity index is 585. The first-order chi connectivity index (χ1) is 9.62. The molecule has 0 radical (unpaired) electrons. The second-order valence-corrected chi connectivity index (χ2v) is 8.86. The van der Waals surface area contributed by atoms with E-state index in [0.29, 0.717) is 18.0 Å². The van der Waals surface area contributed by atoms with Crippen molar-refractivity contribution in [3.63, 3.8) is 0 Å². The first kappa shape index (κ1) is 16.5. The van der Waals surface area contributed by atoms with Gasteiger partial charge in [0, 0.05) is 13.1 Å². The Kier molecular flexibility index (Phi) is 4.47. The fourth-order valence-electron chi connectivity index (χ4n) is 2.64. The van der Waals surface area contributed by atoms with Crippen molar-refractivity contribution in [2.45, 2.75) is 50.5 Å². The summed E-state index contributed by atoms with van der Waals surface area (Å²) in [4.78, 5) is 0.335. The van der Waals surface area contributed by atoms with Crippen LogP contribution in [0.3, 0.4) is 0 Å². The molecule has 0 amide bonds. The highest BCUT2D eigenvalue weighted by Gasteiger charge is 2.34. The fraction of sp³-hybridized carbons (Fsp3) is 0.625. The van der Waals surface area contributed by atoms with E-state index < -0.39 is 16.1 Å². The second-order valence-electron chi connectivity index (χ2n) is 6.93. The molecule has 1 fully saturated rings. The van der Waals surface area contributed by atoms with Crippen molar-refractivity contribution >= 4 is 10.0 Å². The lowest BCUT2D eigenvalue weighted by molar-refractivity contribution is 0.133. The Morgan fingerprint density at radius 3 is 2.24 bits per heavy atom. The number of hydrogen-bond acceptors (Lipinski definition) is 3. The van der Waals surface area contributed by atoms with E-state index in [0.717, 1.165) is 12.0 Å². The Morgan fingerprint density at radius 1 is 1.24 bits per heavy atom. The summed E-state index contributed by atoms with van der Waals surface area (Å²) in [5.74, 6) is 0.0358. The minimum absolute atomic E-state index is 0.00729. The van der Waals surface area contributed by atoms with Crippen molar-refractivity contribution in [3.05, 3.63) is 29.8 Å². The topological polar surface area (TPSA) is 57.6 Å². The van der Waals surface area contributed by atoms with Gasteiger partial charge >= 0.3 is 0 Å². The lowest BCUT2D eigenvalue weighted by atomic mass is 9.87. The van der Waals surface area contributed by atoms with Gasteiger partial charge in [-0.1, -0.05) is 32.9 Å². The minimum Gasteiger partial charge on any atom is -0.393 e. The monoisotopic (exact) mass is 311 g/mol. The summed E-state index contributed by atoms with van der Waals surface area (Å²) in [5.41, 5.74) is 1.12. The van der Waals surface area contributed by atoms with Gasteiger partial charge in [0.15, 0.2) is 0 Å². The van der Waals surface area contributed by atoms with Crippen molar-refractivity contribution in [3.8, 4) is 0 Å². The number of sulfonamides is 1. The summed E-state index contributed by atoms with van der Waals surface area (Å²) in [5, 5.41) is 9.61. The summed E-state index contributed by atoms with van der Waals surface area (Å²) in [6.45, 7) is 8.91. The molecule has 1 heterocycles. The Hall–Kier alpha value is -0.910. The van der Waals surface area contributed by atoms with E-state index in [1.165, 1.54) is 4.31 Å². The number of aliphatic hydroxyl groups excluding tert-OH is 1. The molecule has 1 aromatic carbocycles. The van der Waals surface area contributed by atoms with Crippen LogP contribution in [0.1, 0.15) is 39.7 Å². The van der Waals surface area contributed by atoms with Crippen molar-refractivity contribution in [2.75, 3.05) is 13.1 Å². The van der Waals surface area contributed by atoms with Gasteiger partial charge in [-0.15, -0.1) is 0 Å². The van der Waals surface area contributed by atoms with E-state index in [2.05, 4.69) is 20.8 Å². The van der Waals surface area contributed by atoms with Crippen LogP contribution in [-0.2, 0) is 15.4 Å². The number of rotatable bonds is 3. The van der Waals surface area contributed by atoms with Crippen molar-refractivity contribution < 1.29 is 13.5 Å². The molecular weight excluding hydrogens is 286 g/mol. The molecule has 0 bridgehead atoms. The summed E-state index contributed by atoms with van der Waals surface area (Å²) in [6, 6.07) is 7.14. The fourth-order valence-corrected chi connectivity index (χ4v) is 4.15. The van der Waals surface area contributed by atoms with Crippen LogP contribution in [0.2, 0.25) is 0 Å². The van der Waals surface area contributed by atoms with Gasteiger partial charge in [0.2, 0.25) is 10.0 Å². The summed E-state index contributed by atoms with van der Waals surface area (Å²) < 4.78 is 26.7. The molecule has 5 heteroatoms. The molecule has 1 aromatic rings. The molecule has 2 rings (SSSR count). The highest BCUT2D eigenvalue weighted by molar-refractivity contribution is 7.89. The third kappa shape index (κ3) is 3.47. The molecule has 1 N–H and O–H groups in total. The zero-order valence-corrected chi connectivity index (χ0v) is 14.0. The number of hydrogen-bond donors (Lipinski definition) is 1. The molecule has 1 aliphatic heterocycles. The zero-order chi connectivity index (χ0) is 15.8. The average molecular weight is 311 g/mol. The molecule has 0 spiro atoms. The predicted molar refractivity (Wildman–Crippen MR) is 83.7 cm³/mol. The van der Waals surface area contributed by atoms with Gasteiger partial charge in [-0.3, -0.25) is 0 Å². The Morgan fingerprint density at radius 2 is 1.81 bits per heavy atom. The van der Waals surface area contributed by atoms with Crippen LogP contribution in [0.5, 0.6) is 0 Å². The lowest BCUT2D eigenvalue weighted by Gasteiger charge is -2.21. The van der Waals surface area contributed by atoms with Gasteiger partial charge in [-0.05, 0) is 42.4 Å². The molecule has 2 atom stereocenters. The van der Waals surface area contributed by atoms with Crippen molar-refractivity contribution in [1.29, 1.82) is 0 Å². The van der Waals surface area contributed by atoms with Gasteiger partial charge < -0.3 is 5.11 Å². The smallest absolute Gasteiger partial charge is 0.243 e. The summed E-state index contributed by atoms with van der Waals surface area (Å²) in [7, 11) is -3.45. The maximum Gasteiger partial charge on any atom is 0.243 e. The quantitative estimate of drug-likeness (QED) is 0.932. The maximum absolute atomic E-state index is 12.6. The Labute approximate surface area is 127 Å². The zero-order valence-electron chi connectivity index (χ0n) is 13.2. The molecule has 2 unspecified atom stereocenters. The highest BCUT2D eigenvalue weighted by Crippen LogP contribution is 2.28. The normalized spacial score (nSPS) is 22.4. The van der Waals surface area contributed by atoms with E-state index in [1.54, 1.807) is 19.1 Å². The van der Waals surface area contributed by atoms with E-state index >= 15 is 0 Å². The number of nitrogens with zero attached hydrogens (tertiary/aromatic N) is 1. The van der Waals surface area contributed by atoms with Gasteiger partial charge in [-0.2, -0.15) is 4.31 Å². The first-order valence-corrected chi connectivity index (χ1v) is 8.85. The van der Waals surface area contributed by atoms with Crippen molar-refractivity contribution in [1.82, 2.24) is 4.31 Å². The number of benzene rings is 1. The van der Waals surface area contributed by atoms with Gasteiger partial charge in [0.05, 0.1) is 11.0 Å². The summed E-state index contributed by atoms with van der Waals surface area (Å²) >= 11 is 0. The van der Waals surface area contributed by atoms with Crippen LogP contribution in [0.4, 0.5) is 0 Å². The molecule has 118 valence electrons. The highest BCUT2D eigenvalue weighted by atomic mass is 32.2. The second kappa shape index (κ2) is 5.71. The van der Waals surface area contributed by atoms with Gasteiger partial charge in [0.1, 0.15) is 0 Å². The van der Waals surface area contributed by atoms with Gasteiger partial charge in [0.25, 0.3) is 0 Å². The lowest BCUT2D eigenvalue weighted by Crippen LogP contribution is -2.30. The molecule has 0 aromatic heterocycles. The van der Waals surface area contributed by atoms with E-state index in [4.69, 9.17) is 0 Å². The van der Waals surface area contributed by atoms with E-state index in [1.807, 2.05) is 12.1 Å². The SMILES string of the molecule is CC(O)C1CCN(S(=O)(=O)c2ccc(C(C)(C)C)cc2)C1. The standard InChI is InChI=1S/C16H25NO3S/c1-12(18)13-9-10-17(11-13)21(19,20)15-7-5-14(6-8-15)16(2,3)4/h5-8,12-13,18H,9-11H2,1-4H3. The van der Waals surface area contributed by atoms with E-state index in [-0.39, 0.29) is 11.3 Å². The average Bonchev–Trinajstić information content (AvgIpc) is 2.88. The maximum atomic E-state index is 12.6. The third-order valence-corrected chi connectivity index (χ3v) is 6.11. The molecule has 1 aliphatic rings. The minimum atomic E-state index is -3.45. The predicted octanol–water partition coefficient (Wildman–Crippen LogP) is 2.38. The van der Waals surface area contributed by atoms with Crippen LogP contribution in [0.15, 0.2) is 29.2 Å². The summed E-state index contributed by atoms with van der Waals surface area (Å²) in [6.07, 6.45) is 0.255. The Balaban J connectivity index is 2.21. The van der Waals surface area contributed by atoms with Crippen molar-refractivity contribution in [2.24, 2.45) is 5.92 Å². The van der Waals surface area contributed by atoms with Crippen LogP contribution in [-0.4, -0.2) is 37.0 Å². The first-order valence-electron chi connectivity index (χ1n) is 7.41. The van der Waals surface area contributed by atoms with Gasteiger partial charge in [-0.25, -0.2) is 8.42 Å². The molecule has 1 saturated heterocycles. The number of aliphatic hydroxyl groups is 1. The van der Waals surface area contributed by atoms with E-state index in [9.17, 15) is 13.5 Å². The molecule has 4 nitrogen and oxygen atoms in total. The molecule has 0 saturated carbocycles. The molecule has 0 aliphatic carbocycles.